The van der Waals surface area contributed by atoms with Gasteiger partial charge < -0.3 is 14.6 Å². The molecular formula is C16H13NO3. The van der Waals surface area contributed by atoms with Crippen LogP contribution >= 0.6 is 0 Å². The summed E-state index contributed by atoms with van der Waals surface area (Å²) < 4.78 is 5.78. The van der Waals surface area contributed by atoms with Gasteiger partial charge in [-0.15, -0.1) is 0 Å². The van der Waals surface area contributed by atoms with E-state index in [-0.39, 0.29) is 6.42 Å². The predicted molar refractivity (Wildman–Crippen MR) is 74.9 cm³/mol. The van der Waals surface area contributed by atoms with Gasteiger partial charge in [-0.1, -0.05) is 36.4 Å². The molecular weight excluding hydrogens is 254 g/mol. The number of furan rings is 1. The summed E-state index contributed by atoms with van der Waals surface area (Å²) in [6.45, 7) is 0. The lowest BCUT2D eigenvalue weighted by molar-refractivity contribution is 0.0220. The maximum atomic E-state index is 10.2. The average Bonchev–Trinajstić information content (AvgIpc) is 2.85. The Balaban J connectivity index is 2.19. The van der Waals surface area contributed by atoms with E-state index in [2.05, 4.69) is 0 Å². The molecule has 0 aliphatic heterocycles. The van der Waals surface area contributed by atoms with Gasteiger partial charge in [0.25, 0.3) is 0 Å². The summed E-state index contributed by atoms with van der Waals surface area (Å²) in [5.41, 5.74) is 1.79. The Kier molecular flexibility index (Phi) is 3.15. The Morgan fingerprint density at radius 2 is 1.80 bits per heavy atom. The van der Waals surface area contributed by atoms with Crippen molar-refractivity contribution in [3.63, 3.8) is 0 Å². The van der Waals surface area contributed by atoms with E-state index in [9.17, 15) is 10.2 Å². The number of para-hydroxylation sites is 2. The number of aliphatic hydroxyl groups is 2. The molecule has 20 heavy (non-hydrogen) atoms. The zero-order valence-electron chi connectivity index (χ0n) is 10.7. The lowest BCUT2D eigenvalue weighted by Gasteiger charge is -2.15. The van der Waals surface area contributed by atoms with Crippen molar-refractivity contribution in [2.24, 2.45) is 0 Å². The molecule has 4 heteroatoms. The summed E-state index contributed by atoms with van der Waals surface area (Å²) in [5.74, 6) is 0. The third kappa shape index (κ3) is 1.94. The molecule has 2 aromatic carbocycles. The Bertz CT molecular complexity index is 800. The first-order valence-electron chi connectivity index (χ1n) is 6.35. The van der Waals surface area contributed by atoms with E-state index >= 15 is 0 Å². The number of nitrogens with zero attached hydrogens (tertiary/aromatic N) is 1. The lowest BCUT2D eigenvalue weighted by atomic mass is 10.00. The first-order valence-corrected chi connectivity index (χ1v) is 6.35. The van der Waals surface area contributed by atoms with E-state index in [1.54, 1.807) is 6.07 Å². The van der Waals surface area contributed by atoms with Crippen LogP contribution in [0, 0.1) is 11.3 Å². The molecule has 0 saturated heterocycles. The molecule has 2 unspecified atom stereocenters. The van der Waals surface area contributed by atoms with Crippen LogP contribution in [0.3, 0.4) is 0 Å². The van der Waals surface area contributed by atoms with Gasteiger partial charge in [-0.05, 0) is 6.07 Å². The van der Waals surface area contributed by atoms with Crippen LogP contribution in [0.1, 0.15) is 18.1 Å². The molecule has 0 radical (unpaired) electrons. The van der Waals surface area contributed by atoms with Gasteiger partial charge in [-0.3, -0.25) is 0 Å². The number of benzene rings is 2. The quantitative estimate of drug-likeness (QED) is 0.765. The number of hydrogen-bond donors (Lipinski definition) is 2. The molecule has 0 spiro atoms. The van der Waals surface area contributed by atoms with E-state index in [1.165, 1.54) is 0 Å². The Hall–Kier alpha value is -2.35. The minimum atomic E-state index is -1.14. The van der Waals surface area contributed by atoms with Gasteiger partial charge in [-0.2, -0.15) is 5.26 Å². The number of hydrogen-bond acceptors (Lipinski definition) is 4. The van der Waals surface area contributed by atoms with Gasteiger partial charge in [0.1, 0.15) is 17.3 Å². The summed E-state index contributed by atoms with van der Waals surface area (Å²) in [7, 11) is 0. The molecule has 0 amide bonds. The van der Waals surface area contributed by atoms with Crippen molar-refractivity contribution < 1.29 is 14.6 Å². The number of aliphatic hydroxyl groups excluding tert-OH is 2. The Labute approximate surface area is 115 Å². The highest BCUT2D eigenvalue weighted by molar-refractivity contribution is 6.05. The summed E-state index contributed by atoms with van der Waals surface area (Å²) in [6.07, 6.45) is -2.39. The normalized spacial score (nSPS) is 14.2. The third-order valence-electron chi connectivity index (χ3n) is 3.42. The molecule has 0 bridgehead atoms. The van der Waals surface area contributed by atoms with E-state index in [0.29, 0.717) is 11.1 Å². The van der Waals surface area contributed by atoms with Crippen molar-refractivity contribution in [3.05, 3.63) is 48.0 Å². The highest BCUT2D eigenvalue weighted by Crippen LogP contribution is 2.34. The van der Waals surface area contributed by atoms with Crippen molar-refractivity contribution in [3.8, 4) is 6.07 Å². The predicted octanol–water partition coefficient (Wildman–Crippen LogP) is 2.89. The summed E-state index contributed by atoms with van der Waals surface area (Å²) in [6, 6.07) is 14.9. The highest BCUT2D eigenvalue weighted by Gasteiger charge is 2.22. The molecule has 4 nitrogen and oxygen atoms in total. The van der Waals surface area contributed by atoms with Gasteiger partial charge in [0, 0.05) is 16.3 Å². The highest BCUT2D eigenvalue weighted by atomic mass is 16.3. The van der Waals surface area contributed by atoms with Crippen LogP contribution in [-0.4, -0.2) is 16.3 Å². The summed E-state index contributed by atoms with van der Waals surface area (Å²) in [5, 5.41) is 30.4. The first-order chi connectivity index (χ1) is 9.72. The largest absolute Gasteiger partial charge is 0.456 e. The number of rotatable bonds is 3. The fraction of sp³-hybridized carbons (Fsp3) is 0.188. The zero-order valence-corrected chi connectivity index (χ0v) is 10.7. The molecule has 0 fully saturated rings. The Morgan fingerprint density at radius 3 is 2.60 bits per heavy atom. The molecule has 3 aromatic rings. The van der Waals surface area contributed by atoms with Crippen LogP contribution in [0.5, 0.6) is 0 Å². The van der Waals surface area contributed by atoms with Gasteiger partial charge in [0.15, 0.2) is 0 Å². The zero-order chi connectivity index (χ0) is 14.1. The van der Waals surface area contributed by atoms with Gasteiger partial charge in [-0.25, -0.2) is 0 Å². The first kappa shape index (κ1) is 12.7. The molecule has 1 heterocycles. The van der Waals surface area contributed by atoms with Crippen molar-refractivity contribution in [1.29, 1.82) is 5.26 Å². The fourth-order valence-electron chi connectivity index (χ4n) is 2.41. The molecule has 2 N–H and O–H groups in total. The fourth-order valence-corrected chi connectivity index (χ4v) is 2.41. The minimum absolute atomic E-state index is 0.127. The van der Waals surface area contributed by atoms with Gasteiger partial charge in [0.2, 0.25) is 0 Å². The SMILES string of the molecule is N#CCC(O)C(O)c1cccc2c1oc1ccccc12. The summed E-state index contributed by atoms with van der Waals surface area (Å²) >= 11 is 0. The molecule has 0 aliphatic carbocycles. The van der Waals surface area contributed by atoms with E-state index < -0.39 is 12.2 Å². The maximum absolute atomic E-state index is 10.2. The maximum Gasteiger partial charge on any atom is 0.141 e. The van der Waals surface area contributed by atoms with Crippen molar-refractivity contribution in [1.82, 2.24) is 0 Å². The standard InChI is InChI=1S/C16H13NO3/c17-9-8-13(18)15(19)12-6-3-5-11-10-4-1-2-7-14(10)20-16(11)12/h1-7,13,15,18-19H,8H2. The van der Waals surface area contributed by atoms with E-state index in [4.69, 9.17) is 9.68 Å². The summed E-state index contributed by atoms with van der Waals surface area (Å²) in [4.78, 5) is 0. The minimum Gasteiger partial charge on any atom is -0.456 e. The Morgan fingerprint density at radius 1 is 1.05 bits per heavy atom. The molecule has 2 atom stereocenters. The molecule has 1 aromatic heterocycles. The number of nitriles is 1. The second-order valence-electron chi connectivity index (χ2n) is 4.70. The number of fused-ring (bicyclic) bond motifs is 3. The topological polar surface area (TPSA) is 77.4 Å². The van der Waals surface area contributed by atoms with Crippen LogP contribution in [0.4, 0.5) is 0 Å². The second kappa shape index (κ2) is 4.97. The van der Waals surface area contributed by atoms with E-state index in [1.807, 2.05) is 42.5 Å². The molecule has 3 rings (SSSR count). The van der Waals surface area contributed by atoms with Gasteiger partial charge >= 0.3 is 0 Å². The van der Waals surface area contributed by atoms with E-state index in [0.717, 1.165) is 16.4 Å². The molecule has 100 valence electrons. The monoisotopic (exact) mass is 267 g/mol. The lowest BCUT2D eigenvalue weighted by Crippen LogP contribution is -2.17. The smallest absolute Gasteiger partial charge is 0.141 e. The molecule has 0 aliphatic rings. The average molecular weight is 267 g/mol. The van der Waals surface area contributed by atoms with Crippen LogP contribution < -0.4 is 0 Å². The van der Waals surface area contributed by atoms with Crippen LogP contribution in [0.25, 0.3) is 21.9 Å². The van der Waals surface area contributed by atoms with Crippen molar-refractivity contribution >= 4 is 21.9 Å². The van der Waals surface area contributed by atoms with Crippen LogP contribution in [0.15, 0.2) is 46.9 Å². The second-order valence-corrected chi connectivity index (χ2v) is 4.70. The van der Waals surface area contributed by atoms with Crippen molar-refractivity contribution in [2.75, 3.05) is 0 Å². The van der Waals surface area contributed by atoms with Gasteiger partial charge in [0.05, 0.1) is 18.6 Å². The third-order valence-corrected chi connectivity index (χ3v) is 3.42. The van der Waals surface area contributed by atoms with Crippen LogP contribution in [-0.2, 0) is 0 Å². The van der Waals surface area contributed by atoms with Crippen LogP contribution in [0.2, 0.25) is 0 Å². The molecule has 0 saturated carbocycles. The van der Waals surface area contributed by atoms with Crippen molar-refractivity contribution in [2.45, 2.75) is 18.6 Å².